The zero-order valence-electron chi connectivity index (χ0n) is 18.6. The van der Waals surface area contributed by atoms with Gasteiger partial charge in [-0.2, -0.15) is 5.92 Å². The number of rotatable bonds is 3. The monoisotopic (exact) mass is 493 g/mol. The molecule has 0 aromatic heterocycles. The first kappa shape index (κ1) is 22.0. The number of fused-ring (bicyclic) bond motifs is 3. The van der Waals surface area contributed by atoms with Crippen molar-refractivity contribution in [3.05, 3.63) is 126 Å². The van der Waals surface area contributed by atoms with E-state index in [0.29, 0.717) is 0 Å². The summed E-state index contributed by atoms with van der Waals surface area (Å²) in [5, 5.41) is 0. The second-order valence-electron chi connectivity index (χ2n) is 9.38. The van der Waals surface area contributed by atoms with Crippen LogP contribution < -0.4 is 0 Å². The molecule has 5 atom stereocenters. The third-order valence-electron chi connectivity index (χ3n) is 7.57. The standard InChI is InChI=1S/C18H21.C13H10.Zr/c1-2-7-13(6-1)15-10-5-11-17-16-9-4-3-8-14(16)12-18(15)17;1-3-7-12(8-4-1)11-13-9-5-2-6-10-13;/h1-4,6,8-9,12,14-18H,5,7,10-11H2;1-10H;/q-1;;. The van der Waals surface area contributed by atoms with Gasteiger partial charge in [-0.25, -0.2) is 0 Å². The molecule has 0 heterocycles. The van der Waals surface area contributed by atoms with Gasteiger partial charge in [0.05, 0.1) is 0 Å². The van der Waals surface area contributed by atoms with E-state index in [4.69, 9.17) is 0 Å². The molecule has 0 aliphatic heterocycles. The molecule has 4 aliphatic rings. The van der Waals surface area contributed by atoms with E-state index in [-0.39, 0.29) is 0 Å². The van der Waals surface area contributed by atoms with Crippen LogP contribution in [0.3, 0.4) is 0 Å². The van der Waals surface area contributed by atoms with Gasteiger partial charge in [0.1, 0.15) is 0 Å². The van der Waals surface area contributed by atoms with Gasteiger partial charge in [-0.05, 0) is 24.7 Å². The molecule has 0 N–H and O–H groups in total. The van der Waals surface area contributed by atoms with Crippen molar-refractivity contribution in [1.82, 2.24) is 0 Å². The van der Waals surface area contributed by atoms with E-state index in [2.05, 4.69) is 110 Å². The molecule has 6 rings (SSSR count). The molecule has 4 aliphatic carbocycles. The average Bonchev–Trinajstić information content (AvgIpc) is 3.53. The van der Waals surface area contributed by atoms with Crippen molar-refractivity contribution in [3.8, 4) is 0 Å². The Bertz CT molecular complexity index is 999. The van der Waals surface area contributed by atoms with Gasteiger partial charge < -0.3 is 6.42 Å². The number of benzene rings is 2. The van der Waals surface area contributed by atoms with Crippen molar-refractivity contribution < 1.29 is 24.2 Å². The predicted molar refractivity (Wildman–Crippen MR) is 132 cm³/mol. The third-order valence-corrected chi connectivity index (χ3v) is 8.99. The molecule has 2 aromatic carbocycles. The Hall–Kier alpha value is -1.85. The molecule has 160 valence electrons. The maximum atomic E-state index is 2.68. The van der Waals surface area contributed by atoms with E-state index in [9.17, 15) is 0 Å². The third kappa shape index (κ3) is 4.74. The first-order valence-corrected chi connectivity index (χ1v) is 13.3. The predicted octanol–water partition coefficient (Wildman–Crippen LogP) is 7.28. The van der Waals surface area contributed by atoms with Gasteiger partial charge in [0.2, 0.25) is 0 Å². The van der Waals surface area contributed by atoms with E-state index in [1.54, 1.807) is 5.57 Å². The Morgan fingerprint density at radius 3 is 2.16 bits per heavy atom. The zero-order chi connectivity index (χ0) is 21.8. The van der Waals surface area contributed by atoms with Crippen LogP contribution in [0.2, 0.25) is 0 Å². The Morgan fingerprint density at radius 1 is 0.812 bits per heavy atom. The molecule has 32 heavy (non-hydrogen) atoms. The Balaban J connectivity index is 0.000000140. The number of hydrogen-bond acceptors (Lipinski definition) is 0. The first-order chi connectivity index (χ1) is 15.8. The van der Waals surface area contributed by atoms with Crippen molar-refractivity contribution in [2.75, 3.05) is 0 Å². The fraction of sp³-hybridized carbons (Fsp3) is 0.290. The molecule has 2 saturated carbocycles. The van der Waals surface area contributed by atoms with Gasteiger partial charge >= 0.3 is 99.2 Å². The Labute approximate surface area is 208 Å². The Kier molecular flexibility index (Phi) is 7.14. The zero-order valence-corrected chi connectivity index (χ0v) is 21.1. The number of hydrogen-bond donors (Lipinski definition) is 0. The molecule has 0 spiro atoms. The van der Waals surface area contributed by atoms with Crippen LogP contribution in [0.15, 0.2) is 109 Å². The van der Waals surface area contributed by atoms with Gasteiger partial charge in [-0.1, -0.05) is 60.8 Å². The molecule has 2 aromatic rings. The minimum atomic E-state index is 0.723. The van der Waals surface area contributed by atoms with Crippen molar-refractivity contribution in [2.45, 2.75) is 25.7 Å². The van der Waals surface area contributed by atoms with Crippen LogP contribution >= 0.6 is 0 Å². The van der Waals surface area contributed by atoms with Crippen LogP contribution in [0, 0.1) is 36.0 Å². The van der Waals surface area contributed by atoms with Crippen molar-refractivity contribution in [1.29, 1.82) is 0 Å². The summed E-state index contributed by atoms with van der Waals surface area (Å²) in [7, 11) is 0. The summed E-state index contributed by atoms with van der Waals surface area (Å²) in [6.45, 7) is 0. The summed E-state index contributed by atoms with van der Waals surface area (Å²) < 4.78 is 1.42. The quantitative estimate of drug-likeness (QED) is 0.393. The van der Waals surface area contributed by atoms with E-state index < -0.39 is 0 Å². The minimum absolute atomic E-state index is 0.723. The molecular formula is C31H31Zr-. The summed E-state index contributed by atoms with van der Waals surface area (Å²) in [6, 6.07) is 21.1. The van der Waals surface area contributed by atoms with E-state index >= 15 is 0 Å². The second kappa shape index (κ2) is 10.4. The summed E-state index contributed by atoms with van der Waals surface area (Å²) in [4.78, 5) is 0. The van der Waals surface area contributed by atoms with Crippen LogP contribution in [0.25, 0.3) is 0 Å². The maximum absolute atomic E-state index is 2.68. The van der Waals surface area contributed by atoms with Crippen LogP contribution in [-0.2, 0) is 24.2 Å². The topological polar surface area (TPSA) is 0 Å². The molecule has 2 fully saturated rings. The van der Waals surface area contributed by atoms with Gasteiger partial charge in [-0.3, -0.25) is 0 Å². The summed E-state index contributed by atoms with van der Waals surface area (Å²) >= 11 is 1.46. The fourth-order valence-corrected chi connectivity index (χ4v) is 6.87. The molecule has 0 amide bonds. The average molecular weight is 495 g/mol. The van der Waals surface area contributed by atoms with Gasteiger partial charge in [0.25, 0.3) is 0 Å². The van der Waals surface area contributed by atoms with Gasteiger partial charge in [-0.15, -0.1) is 12.0 Å². The van der Waals surface area contributed by atoms with Crippen molar-refractivity contribution in [2.24, 2.45) is 29.6 Å². The first-order valence-electron chi connectivity index (χ1n) is 12.1. The van der Waals surface area contributed by atoms with E-state index in [1.165, 1.54) is 64.3 Å². The van der Waals surface area contributed by atoms with Crippen LogP contribution in [-0.4, -0.2) is 3.21 Å². The molecule has 0 radical (unpaired) electrons. The molecule has 1 heteroatoms. The van der Waals surface area contributed by atoms with Crippen LogP contribution in [0.5, 0.6) is 0 Å². The summed E-state index contributed by atoms with van der Waals surface area (Å²) in [5.41, 5.74) is 4.36. The van der Waals surface area contributed by atoms with Crippen molar-refractivity contribution >= 4 is 3.21 Å². The summed E-state index contributed by atoms with van der Waals surface area (Å²) in [5.74, 6) is 4.12. The molecule has 0 nitrogen and oxygen atoms in total. The van der Waals surface area contributed by atoms with Crippen LogP contribution in [0.1, 0.15) is 36.8 Å². The second-order valence-corrected chi connectivity index (χ2v) is 10.6. The fourth-order valence-electron chi connectivity index (χ4n) is 6.05. The van der Waals surface area contributed by atoms with Crippen molar-refractivity contribution in [3.63, 3.8) is 0 Å². The molecular weight excluding hydrogens is 464 g/mol. The normalized spacial score (nSPS) is 29.5. The molecule has 0 saturated heterocycles. The van der Waals surface area contributed by atoms with Gasteiger partial charge in [0, 0.05) is 0 Å². The van der Waals surface area contributed by atoms with Crippen LogP contribution in [0.4, 0.5) is 0 Å². The molecule has 0 bridgehead atoms. The molecule has 5 unspecified atom stereocenters. The van der Waals surface area contributed by atoms with E-state index in [1.807, 2.05) is 0 Å². The van der Waals surface area contributed by atoms with E-state index in [0.717, 1.165) is 29.6 Å². The Morgan fingerprint density at radius 2 is 1.50 bits per heavy atom. The SMILES string of the molecule is C1=CCC(C2CCCC3C4C=CC=CC4[CH-]C23)=C1.[Zr]=[C](c1ccccc1)c1ccccc1. The summed E-state index contributed by atoms with van der Waals surface area (Å²) in [6.07, 6.45) is 24.5. The number of allylic oxidation sites excluding steroid dienone is 8. The van der Waals surface area contributed by atoms with Gasteiger partial charge in [0.15, 0.2) is 0 Å².